The number of hydrogen-bond acceptors (Lipinski definition) is 7. The van der Waals surface area contributed by atoms with E-state index in [1.54, 1.807) is 19.2 Å². The Morgan fingerprint density at radius 3 is 2.20 bits per heavy atom. The molecule has 2 amide bonds. The molecule has 246 valence electrons. The molecular weight excluding hydrogens is 623 g/mol. The van der Waals surface area contributed by atoms with Crippen LogP contribution in [-0.4, -0.2) is 76.3 Å². The van der Waals surface area contributed by atoms with Crippen LogP contribution in [0.1, 0.15) is 72.1 Å². The number of aromatic nitrogens is 2. The monoisotopic (exact) mass is 659 g/mol. The minimum Gasteiger partial charge on any atom is -0.371 e. The molecule has 3 fully saturated rings. The Morgan fingerprint density at radius 2 is 1.61 bits per heavy atom. The maximum absolute atomic E-state index is 14.0. The Kier molecular flexibility index (Phi) is 9.04. The van der Waals surface area contributed by atoms with Gasteiger partial charge < -0.3 is 24.3 Å². The van der Waals surface area contributed by atoms with Crippen molar-refractivity contribution >= 4 is 29.1 Å². The first-order valence-electron chi connectivity index (χ1n) is 15.7. The number of amides is 2. The van der Waals surface area contributed by atoms with E-state index in [2.05, 4.69) is 15.0 Å². The van der Waals surface area contributed by atoms with Crippen LogP contribution in [-0.2, 0) is 16.9 Å². The predicted molar refractivity (Wildman–Crippen MR) is 164 cm³/mol. The Bertz CT molecular complexity index is 1550. The lowest BCUT2D eigenvalue weighted by molar-refractivity contribution is -0.262. The lowest BCUT2D eigenvalue weighted by Gasteiger charge is -2.42. The van der Waals surface area contributed by atoms with Gasteiger partial charge in [-0.1, -0.05) is 47.1 Å². The first-order chi connectivity index (χ1) is 22.0. The summed E-state index contributed by atoms with van der Waals surface area (Å²) in [5.41, 5.74) is -2.74. The van der Waals surface area contributed by atoms with Gasteiger partial charge in [0.15, 0.2) is 5.82 Å². The van der Waals surface area contributed by atoms with E-state index in [1.165, 1.54) is 23.1 Å². The molecule has 1 N–H and O–H groups in total. The standard InChI is InChI=1S/C33H37ClF3N5O4/c1-40(20-28-38-29(46-39-28)23-7-8-23)30(43)26-10-9-25(19-27(26)34)41-15-11-21(12-16-41)22-13-17-42(18-14-22)31(44)32(45,33(35,36)37)24-5-3-2-4-6-24/h2-6,9-10,19,21-23,45H,7-8,11-18,20H2,1H3/t32-/m1/s1. The molecule has 1 aromatic heterocycles. The third-order valence-electron chi connectivity index (χ3n) is 9.63. The third kappa shape index (κ3) is 6.46. The van der Waals surface area contributed by atoms with Gasteiger partial charge in [0.1, 0.15) is 0 Å². The van der Waals surface area contributed by atoms with Crippen LogP contribution in [0.4, 0.5) is 18.9 Å². The number of anilines is 1. The van der Waals surface area contributed by atoms with Gasteiger partial charge in [0.05, 0.1) is 17.1 Å². The highest BCUT2D eigenvalue weighted by atomic mass is 35.5. The van der Waals surface area contributed by atoms with Crippen LogP contribution in [0, 0.1) is 11.8 Å². The van der Waals surface area contributed by atoms with Gasteiger partial charge in [0.2, 0.25) is 5.89 Å². The molecule has 6 rings (SSSR count). The van der Waals surface area contributed by atoms with E-state index in [0.717, 1.165) is 61.5 Å². The minimum atomic E-state index is -5.14. The molecule has 0 spiro atoms. The van der Waals surface area contributed by atoms with Gasteiger partial charge in [-0.05, 0) is 68.6 Å². The third-order valence-corrected chi connectivity index (χ3v) is 9.94. The number of carbonyl (C=O) groups excluding carboxylic acids is 2. The molecular formula is C33H37ClF3N5O4. The van der Waals surface area contributed by atoms with E-state index in [4.69, 9.17) is 16.1 Å². The summed E-state index contributed by atoms with van der Waals surface area (Å²) in [6.07, 6.45) is -0.0927. The smallest absolute Gasteiger partial charge is 0.371 e. The average Bonchev–Trinajstić information content (AvgIpc) is 3.81. The van der Waals surface area contributed by atoms with Crippen LogP contribution >= 0.6 is 11.6 Å². The fourth-order valence-corrected chi connectivity index (χ4v) is 6.97. The van der Waals surface area contributed by atoms with Crippen LogP contribution in [0.25, 0.3) is 0 Å². The van der Waals surface area contributed by atoms with Crippen molar-refractivity contribution in [2.24, 2.45) is 11.8 Å². The minimum absolute atomic E-state index is 0.170. The summed E-state index contributed by atoms with van der Waals surface area (Å²) in [4.78, 5) is 35.5. The van der Waals surface area contributed by atoms with Crippen molar-refractivity contribution in [3.63, 3.8) is 0 Å². The molecule has 9 nitrogen and oxygen atoms in total. The van der Waals surface area contributed by atoms with E-state index in [-0.39, 0.29) is 31.5 Å². The lowest BCUT2D eigenvalue weighted by Crippen LogP contribution is -2.57. The molecule has 3 aromatic rings. The molecule has 0 bridgehead atoms. The number of benzene rings is 2. The highest BCUT2D eigenvalue weighted by molar-refractivity contribution is 6.34. The zero-order valence-electron chi connectivity index (χ0n) is 25.5. The number of nitrogens with zero attached hydrogens (tertiary/aromatic N) is 5. The van der Waals surface area contributed by atoms with E-state index < -0.39 is 23.2 Å². The fourth-order valence-electron chi connectivity index (χ4n) is 6.71. The molecule has 2 aromatic carbocycles. The summed E-state index contributed by atoms with van der Waals surface area (Å²) in [5, 5.41) is 15.0. The molecule has 2 saturated heterocycles. The molecule has 13 heteroatoms. The number of alkyl halides is 3. The van der Waals surface area contributed by atoms with Crippen LogP contribution in [0.5, 0.6) is 0 Å². The molecule has 1 saturated carbocycles. The molecule has 1 atom stereocenters. The second kappa shape index (κ2) is 12.9. The fraction of sp³-hybridized carbons (Fsp3) is 0.515. The van der Waals surface area contributed by atoms with Gasteiger partial charge in [0.25, 0.3) is 17.4 Å². The Hall–Kier alpha value is -3.64. The van der Waals surface area contributed by atoms with E-state index in [1.807, 2.05) is 6.07 Å². The topological polar surface area (TPSA) is 103 Å². The maximum Gasteiger partial charge on any atom is 0.430 e. The molecule has 0 radical (unpaired) electrons. The van der Waals surface area contributed by atoms with Gasteiger partial charge in [-0.2, -0.15) is 18.2 Å². The van der Waals surface area contributed by atoms with Crippen molar-refractivity contribution < 1.29 is 32.4 Å². The van der Waals surface area contributed by atoms with Crippen LogP contribution in [0.15, 0.2) is 53.1 Å². The second-order valence-electron chi connectivity index (χ2n) is 12.7. The zero-order valence-corrected chi connectivity index (χ0v) is 26.3. The van der Waals surface area contributed by atoms with Crippen LogP contribution < -0.4 is 4.90 Å². The van der Waals surface area contributed by atoms with Gasteiger partial charge in [-0.25, -0.2) is 0 Å². The Balaban J connectivity index is 1.01. The van der Waals surface area contributed by atoms with Gasteiger partial charge in [-0.3, -0.25) is 9.59 Å². The summed E-state index contributed by atoms with van der Waals surface area (Å²) >= 11 is 6.59. The number of rotatable bonds is 8. The second-order valence-corrected chi connectivity index (χ2v) is 13.1. The molecule has 3 heterocycles. The number of halogens is 4. The lowest BCUT2D eigenvalue weighted by atomic mass is 9.78. The van der Waals surface area contributed by atoms with Gasteiger partial charge in [-0.15, -0.1) is 0 Å². The van der Waals surface area contributed by atoms with Crippen molar-refractivity contribution in [1.82, 2.24) is 19.9 Å². The molecule has 1 aliphatic carbocycles. The van der Waals surface area contributed by atoms with Gasteiger partial charge in [0, 0.05) is 50.4 Å². The molecule has 2 aliphatic heterocycles. The summed E-state index contributed by atoms with van der Waals surface area (Å²) in [6.45, 7) is 2.10. The van der Waals surface area contributed by atoms with E-state index in [0.29, 0.717) is 47.0 Å². The predicted octanol–water partition coefficient (Wildman–Crippen LogP) is 5.78. The van der Waals surface area contributed by atoms with Crippen molar-refractivity contribution in [3.05, 3.63) is 76.4 Å². The largest absolute Gasteiger partial charge is 0.430 e. The summed E-state index contributed by atoms with van der Waals surface area (Å²) in [7, 11) is 1.67. The number of piperidine rings is 2. The normalized spacial score (nSPS) is 19.6. The van der Waals surface area contributed by atoms with Gasteiger partial charge >= 0.3 is 6.18 Å². The summed E-state index contributed by atoms with van der Waals surface area (Å²) < 4.78 is 47.4. The Labute approximate surface area is 270 Å². The van der Waals surface area contributed by atoms with E-state index in [9.17, 15) is 27.9 Å². The highest BCUT2D eigenvalue weighted by Crippen LogP contribution is 2.42. The van der Waals surface area contributed by atoms with Crippen molar-refractivity contribution in [2.45, 2.75) is 62.8 Å². The first kappa shape index (κ1) is 32.3. The molecule has 0 unspecified atom stereocenters. The van der Waals surface area contributed by atoms with Crippen LogP contribution in [0.2, 0.25) is 5.02 Å². The maximum atomic E-state index is 14.0. The van der Waals surface area contributed by atoms with Crippen LogP contribution in [0.3, 0.4) is 0 Å². The number of carbonyl (C=O) groups is 2. The SMILES string of the molecule is CN(Cc1noc(C2CC2)n1)C(=O)c1ccc(N2CCC(C3CCN(C(=O)[C@](O)(c4ccccc4)C(F)(F)F)CC3)CC2)cc1Cl. The summed E-state index contributed by atoms with van der Waals surface area (Å²) in [5.74, 6) is 0.519. The number of hydrogen-bond donors (Lipinski definition) is 1. The highest BCUT2D eigenvalue weighted by Gasteiger charge is 2.62. The first-order valence-corrected chi connectivity index (χ1v) is 16.1. The zero-order chi connectivity index (χ0) is 32.6. The number of likely N-dealkylation sites (tertiary alicyclic amines) is 1. The number of aliphatic hydroxyl groups is 1. The molecule has 3 aliphatic rings. The van der Waals surface area contributed by atoms with E-state index >= 15 is 0 Å². The molecule has 46 heavy (non-hydrogen) atoms. The van der Waals surface area contributed by atoms with Crippen molar-refractivity contribution in [3.8, 4) is 0 Å². The average molecular weight is 660 g/mol. The van der Waals surface area contributed by atoms with Crippen molar-refractivity contribution in [2.75, 3.05) is 38.1 Å². The quantitative estimate of drug-likeness (QED) is 0.327. The Morgan fingerprint density at radius 1 is 0.978 bits per heavy atom. The summed E-state index contributed by atoms with van der Waals surface area (Å²) in [6, 6.07) is 12.0. The van der Waals surface area contributed by atoms with Crippen molar-refractivity contribution in [1.29, 1.82) is 0 Å².